The maximum Gasteiger partial charge on any atom is 0.271 e. The lowest BCUT2D eigenvalue weighted by molar-refractivity contribution is -0.384. The first kappa shape index (κ1) is 16.6. The zero-order chi connectivity index (χ0) is 15.8. The molecular weight excluding hydrogens is 276 g/mol. The monoisotopic (exact) mass is 293 g/mol. The zero-order valence-corrected chi connectivity index (χ0v) is 11.7. The Balaban J connectivity index is 2.55. The fourth-order valence-corrected chi connectivity index (χ4v) is 1.95. The lowest BCUT2D eigenvalue weighted by atomic mass is 9.98. The van der Waals surface area contributed by atoms with Crippen LogP contribution in [0, 0.1) is 16.0 Å². The summed E-state index contributed by atoms with van der Waals surface area (Å²) in [5.41, 5.74) is 0.195. The number of carbonyl (C=O) groups is 2. The average molecular weight is 293 g/mol. The van der Waals surface area contributed by atoms with Gasteiger partial charge in [-0.2, -0.15) is 0 Å². The molecule has 1 amide bonds. The Morgan fingerprint density at radius 3 is 2.62 bits per heavy atom. The molecule has 0 unspecified atom stereocenters. The highest BCUT2D eigenvalue weighted by Crippen LogP contribution is 2.18. The van der Waals surface area contributed by atoms with Crippen LogP contribution in [0.5, 0.6) is 0 Å². The van der Waals surface area contributed by atoms with Crippen LogP contribution in [-0.4, -0.2) is 16.8 Å². The Morgan fingerprint density at radius 2 is 2.05 bits per heavy atom. The maximum absolute atomic E-state index is 11.7. The minimum Gasteiger partial charge on any atom is -0.550 e. The quantitative estimate of drug-likeness (QED) is 0.576. The molecule has 0 aromatic heterocycles. The van der Waals surface area contributed by atoms with Crippen molar-refractivity contribution in [3.8, 4) is 0 Å². The first-order chi connectivity index (χ1) is 9.93. The van der Waals surface area contributed by atoms with E-state index in [0.717, 1.165) is 0 Å². The third kappa shape index (κ3) is 5.60. The highest BCUT2D eigenvalue weighted by atomic mass is 16.6. The number of nitro benzene ring substituents is 1. The van der Waals surface area contributed by atoms with Crippen molar-refractivity contribution >= 4 is 23.3 Å². The van der Waals surface area contributed by atoms with E-state index < -0.39 is 16.8 Å². The van der Waals surface area contributed by atoms with Crippen LogP contribution in [0.3, 0.4) is 0 Å². The summed E-state index contributed by atoms with van der Waals surface area (Å²) in [6.07, 6.45) is 1.38. The number of amides is 1. The molecule has 21 heavy (non-hydrogen) atoms. The molecule has 1 rings (SSSR count). The summed E-state index contributed by atoms with van der Waals surface area (Å²) in [5, 5.41) is 24.0. The van der Waals surface area contributed by atoms with Crippen molar-refractivity contribution in [3.63, 3.8) is 0 Å². The molecule has 0 saturated carbocycles. The third-order valence-electron chi connectivity index (χ3n) is 3.03. The van der Waals surface area contributed by atoms with Gasteiger partial charge in [-0.25, -0.2) is 0 Å². The molecule has 0 bridgehead atoms. The lowest BCUT2D eigenvalue weighted by Crippen LogP contribution is -2.32. The van der Waals surface area contributed by atoms with Gasteiger partial charge in [0.05, 0.1) is 4.92 Å². The molecule has 0 radical (unpaired) electrons. The van der Waals surface area contributed by atoms with E-state index in [4.69, 9.17) is 0 Å². The Bertz CT molecular complexity index is 530. The van der Waals surface area contributed by atoms with Crippen LogP contribution in [-0.2, 0) is 9.59 Å². The van der Waals surface area contributed by atoms with Gasteiger partial charge in [-0.1, -0.05) is 19.4 Å². The van der Waals surface area contributed by atoms with Crippen LogP contribution in [0.25, 0.3) is 0 Å². The molecule has 0 saturated heterocycles. The van der Waals surface area contributed by atoms with Crippen molar-refractivity contribution in [2.45, 2.75) is 32.6 Å². The number of aliphatic carboxylic acids is 1. The van der Waals surface area contributed by atoms with Crippen molar-refractivity contribution in [2.75, 3.05) is 5.32 Å². The molecule has 0 fully saturated rings. The number of non-ortho nitro benzene ring substituents is 1. The predicted molar refractivity (Wildman–Crippen MR) is 74.4 cm³/mol. The summed E-state index contributed by atoms with van der Waals surface area (Å²) in [7, 11) is 0. The van der Waals surface area contributed by atoms with Crippen molar-refractivity contribution in [2.24, 2.45) is 5.92 Å². The fourth-order valence-electron chi connectivity index (χ4n) is 1.95. The lowest BCUT2D eigenvalue weighted by Gasteiger charge is -2.16. The summed E-state index contributed by atoms with van der Waals surface area (Å²) >= 11 is 0. The van der Waals surface area contributed by atoms with Crippen LogP contribution in [0.2, 0.25) is 0 Å². The van der Waals surface area contributed by atoms with Crippen molar-refractivity contribution in [3.05, 3.63) is 34.4 Å². The fraction of sp³-hybridized carbons (Fsp3) is 0.429. The van der Waals surface area contributed by atoms with E-state index in [2.05, 4.69) is 5.32 Å². The minimum absolute atomic E-state index is 0.0291. The first-order valence-electron chi connectivity index (χ1n) is 6.69. The van der Waals surface area contributed by atoms with Gasteiger partial charge in [0.25, 0.3) is 5.69 Å². The van der Waals surface area contributed by atoms with Crippen LogP contribution in [0.15, 0.2) is 24.3 Å². The summed E-state index contributed by atoms with van der Waals surface area (Å²) in [6.45, 7) is 1.86. The van der Waals surface area contributed by atoms with Crippen LogP contribution < -0.4 is 10.4 Å². The SMILES string of the molecule is CCC[C@H](CCC(=O)Nc1cccc([N+](=O)[O-])c1)C(=O)[O-]. The Kier molecular flexibility index (Phi) is 6.32. The maximum atomic E-state index is 11.7. The number of nitro groups is 1. The predicted octanol–water partition coefficient (Wildman–Crippen LogP) is 1.48. The molecule has 0 aliphatic heterocycles. The highest BCUT2D eigenvalue weighted by Gasteiger charge is 2.13. The average Bonchev–Trinajstić information content (AvgIpc) is 2.43. The van der Waals surface area contributed by atoms with Gasteiger partial charge in [-0.15, -0.1) is 0 Å². The molecule has 7 heteroatoms. The molecule has 1 aromatic rings. The molecule has 1 atom stereocenters. The molecule has 0 spiro atoms. The molecule has 0 aliphatic carbocycles. The second-order valence-corrected chi connectivity index (χ2v) is 4.70. The number of hydrogen-bond acceptors (Lipinski definition) is 5. The van der Waals surface area contributed by atoms with Crippen LogP contribution in [0.1, 0.15) is 32.6 Å². The van der Waals surface area contributed by atoms with E-state index in [1.54, 1.807) is 0 Å². The Morgan fingerprint density at radius 1 is 1.33 bits per heavy atom. The number of hydrogen-bond donors (Lipinski definition) is 1. The van der Waals surface area contributed by atoms with Gasteiger partial charge in [0, 0.05) is 30.2 Å². The second-order valence-electron chi connectivity index (χ2n) is 4.70. The number of carboxylic acids is 1. The zero-order valence-electron chi connectivity index (χ0n) is 11.7. The van der Waals surface area contributed by atoms with Gasteiger partial charge in [0.2, 0.25) is 5.91 Å². The van der Waals surface area contributed by atoms with Gasteiger partial charge in [-0.3, -0.25) is 14.9 Å². The molecular formula is C14H17N2O5-. The van der Waals surface area contributed by atoms with E-state index >= 15 is 0 Å². The van der Waals surface area contributed by atoms with E-state index in [0.29, 0.717) is 18.5 Å². The molecule has 7 nitrogen and oxygen atoms in total. The summed E-state index contributed by atoms with van der Waals surface area (Å²) in [4.78, 5) is 32.7. The number of carboxylic acid groups (broad SMARTS) is 1. The number of nitrogens with one attached hydrogen (secondary N) is 1. The van der Waals surface area contributed by atoms with Crippen molar-refractivity contribution in [1.29, 1.82) is 0 Å². The highest BCUT2D eigenvalue weighted by molar-refractivity contribution is 5.91. The van der Waals surface area contributed by atoms with E-state index in [9.17, 15) is 24.8 Å². The topological polar surface area (TPSA) is 112 Å². The number of anilines is 1. The second kappa shape index (κ2) is 7.98. The van der Waals surface area contributed by atoms with E-state index in [1.807, 2.05) is 6.92 Å². The Hall–Kier alpha value is -2.44. The third-order valence-corrected chi connectivity index (χ3v) is 3.03. The van der Waals surface area contributed by atoms with Gasteiger partial charge >= 0.3 is 0 Å². The smallest absolute Gasteiger partial charge is 0.271 e. The summed E-state index contributed by atoms with van der Waals surface area (Å²) < 4.78 is 0. The van der Waals surface area contributed by atoms with Gasteiger partial charge in [0.1, 0.15) is 0 Å². The first-order valence-corrected chi connectivity index (χ1v) is 6.69. The number of benzene rings is 1. The van der Waals surface area contributed by atoms with E-state index in [-0.39, 0.29) is 24.4 Å². The van der Waals surface area contributed by atoms with Crippen molar-refractivity contribution in [1.82, 2.24) is 0 Å². The minimum atomic E-state index is -1.15. The molecule has 114 valence electrons. The largest absolute Gasteiger partial charge is 0.550 e. The van der Waals surface area contributed by atoms with Gasteiger partial charge in [-0.05, 0) is 24.8 Å². The van der Waals surface area contributed by atoms with E-state index in [1.165, 1.54) is 24.3 Å². The van der Waals surface area contributed by atoms with Crippen LogP contribution >= 0.6 is 0 Å². The molecule has 1 aromatic carbocycles. The standard InChI is InChI=1S/C14H18N2O5/c1-2-4-10(14(18)19)7-8-13(17)15-11-5-3-6-12(9-11)16(20)21/h3,5-6,9-10H,2,4,7-8H2,1H3,(H,15,17)(H,18,19)/p-1/t10-/m1/s1. The van der Waals surface area contributed by atoms with Gasteiger partial charge in [0.15, 0.2) is 0 Å². The van der Waals surface area contributed by atoms with Crippen molar-refractivity contribution < 1.29 is 19.6 Å². The molecule has 0 aliphatic rings. The Labute approximate surface area is 122 Å². The normalized spacial score (nSPS) is 11.7. The summed E-state index contributed by atoms with van der Waals surface area (Å²) in [6, 6.07) is 5.57. The number of rotatable bonds is 8. The van der Waals surface area contributed by atoms with Gasteiger partial charge < -0.3 is 15.2 Å². The molecule has 0 heterocycles. The number of carbonyl (C=O) groups excluding carboxylic acids is 2. The summed E-state index contributed by atoms with van der Waals surface area (Å²) in [5.74, 6) is -2.18. The molecule has 1 N–H and O–H groups in total. The number of nitrogens with zero attached hydrogens (tertiary/aromatic N) is 1. The van der Waals surface area contributed by atoms with Crippen LogP contribution in [0.4, 0.5) is 11.4 Å².